The maximum atomic E-state index is 12.6. The van der Waals surface area contributed by atoms with Crippen LogP contribution in [-0.4, -0.2) is 20.7 Å². The van der Waals surface area contributed by atoms with Crippen LogP contribution in [0.2, 0.25) is 10.0 Å². The van der Waals surface area contributed by atoms with E-state index in [0.29, 0.717) is 22.2 Å². The van der Waals surface area contributed by atoms with Crippen molar-refractivity contribution < 1.29 is 4.79 Å². The van der Waals surface area contributed by atoms with Crippen LogP contribution in [0.15, 0.2) is 48.9 Å². The summed E-state index contributed by atoms with van der Waals surface area (Å²) >= 11 is 12.1. The van der Waals surface area contributed by atoms with E-state index in [1.807, 2.05) is 18.2 Å². The molecule has 1 N–H and O–H groups in total. The third-order valence-corrected chi connectivity index (χ3v) is 4.66. The molecule has 2 heterocycles. The Hall–Kier alpha value is -2.37. The molecule has 0 fully saturated rings. The summed E-state index contributed by atoms with van der Waals surface area (Å²) in [4.78, 5) is 16.7. The highest BCUT2D eigenvalue weighted by molar-refractivity contribution is 6.42. The number of aromatic nitrogens is 3. The molecule has 0 atom stereocenters. The van der Waals surface area contributed by atoms with Gasteiger partial charge in [0.25, 0.3) is 5.91 Å². The number of hydrogen-bond acceptors (Lipinski definition) is 3. The van der Waals surface area contributed by atoms with Gasteiger partial charge >= 0.3 is 0 Å². The van der Waals surface area contributed by atoms with E-state index in [4.69, 9.17) is 23.2 Å². The molecule has 1 aromatic carbocycles. The zero-order chi connectivity index (χ0) is 18.5. The van der Waals surface area contributed by atoms with E-state index in [9.17, 15) is 4.79 Å². The summed E-state index contributed by atoms with van der Waals surface area (Å²) < 4.78 is 1.74. The first-order chi connectivity index (χ1) is 12.6. The van der Waals surface area contributed by atoms with Crippen molar-refractivity contribution in [1.82, 2.24) is 20.1 Å². The van der Waals surface area contributed by atoms with Crippen molar-refractivity contribution in [3.8, 4) is 5.69 Å². The van der Waals surface area contributed by atoms with E-state index in [1.54, 1.807) is 35.4 Å². The van der Waals surface area contributed by atoms with Gasteiger partial charge in [-0.05, 0) is 36.2 Å². The van der Waals surface area contributed by atoms with Crippen LogP contribution in [0.5, 0.6) is 0 Å². The number of benzene rings is 1. The molecular weight excluding hydrogens is 371 g/mol. The van der Waals surface area contributed by atoms with Crippen molar-refractivity contribution in [2.75, 3.05) is 0 Å². The Morgan fingerprint density at radius 1 is 1.19 bits per heavy atom. The quantitative estimate of drug-likeness (QED) is 0.677. The number of rotatable bonds is 6. The van der Waals surface area contributed by atoms with Crippen molar-refractivity contribution in [3.05, 3.63) is 75.8 Å². The topological polar surface area (TPSA) is 59.8 Å². The Morgan fingerprint density at radius 2 is 2.04 bits per heavy atom. The van der Waals surface area contributed by atoms with Crippen LogP contribution in [-0.2, 0) is 13.0 Å². The van der Waals surface area contributed by atoms with Crippen LogP contribution < -0.4 is 5.32 Å². The van der Waals surface area contributed by atoms with Gasteiger partial charge in [0.15, 0.2) is 0 Å². The lowest BCUT2D eigenvalue weighted by molar-refractivity contribution is 0.0950. The molecule has 0 saturated carbocycles. The molecule has 1 amide bonds. The number of hydrogen-bond donors (Lipinski definition) is 1. The molecule has 5 nitrogen and oxygen atoms in total. The molecule has 0 aliphatic rings. The fourth-order valence-corrected chi connectivity index (χ4v) is 2.95. The molecule has 2 aromatic heterocycles. The Labute approximate surface area is 162 Å². The predicted octanol–water partition coefficient (Wildman–Crippen LogP) is 4.46. The van der Waals surface area contributed by atoms with Gasteiger partial charge in [-0.3, -0.25) is 9.78 Å². The average molecular weight is 389 g/mol. The minimum Gasteiger partial charge on any atom is -0.348 e. The number of nitrogens with one attached hydrogen (secondary N) is 1. The van der Waals surface area contributed by atoms with E-state index in [0.717, 1.165) is 29.8 Å². The van der Waals surface area contributed by atoms with E-state index >= 15 is 0 Å². The maximum Gasteiger partial charge on any atom is 0.255 e. The Bertz CT molecular complexity index is 909. The largest absolute Gasteiger partial charge is 0.348 e. The second kappa shape index (κ2) is 8.34. The number of halogens is 2. The summed E-state index contributed by atoms with van der Waals surface area (Å²) in [6.07, 6.45) is 6.62. The molecule has 7 heteroatoms. The number of nitrogens with zero attached hydrogens (tertiary/aromatic N) is 3. The zero-order valence-electron chi connectivity index (χ0n) is 14.2. The number of amides is 1. The number of carbonyl (C=O) groups excluding carboxylic acids is 1. The maximum absolute atomic E-state index is 12.6. The number of pyridine rings is 1. The molecule has 0 spiro atoms. The summed E-state index contributed by atoms with van der Waals surface area (Å²) in [6.45, 7) is 2.47. The smallest absolute Gasteiger partial charge is 0.255 e. The van der Waals surface area contributed by atoms with Crippen LogP contribution in [0.1, 0.15) is 35.0 Å². The first-order valence-electron chi connectivity index (χ1n) is 8.29. The molecule has 0 bridgehead atoms. The van der Waals surface area contributed by atoms with Crippen molar-refractivity contribution in [2.45, 2.75) is 26.3 Å². The lowest BCUT2D eigenvalue weighted by Gasteiger charge is -2.10. The van der Waals surface area contributed by atoms with Gasteiger partial charge in [-0.2, -0.15) is 5.10 Å². The summed E-state index contributed by atoms with van der Waals surface area (Å²) in [7, 11) is 0. The molecule has 3 rings (SSSR count). The van der Waals surface area contributed by atoms with E-state index in [2.05, 4.69) is 22.3 Å². The molecule has 3 aromatic rings. The molecule has 0 radical (unpaired) electrons. The minimum absolute atomic E-state index is 0.163. The third-order valence-electron chi connectivity index (χ3n) is 3.92. The van der Waals surface area contributed by atoms with Crippen LogP contribution in [0.25, 0.3) is 5.69 Å². The summed E-state index contributed by atoms with van der Waals surface area (Å²) in [6, 6.07) is 9.05. The van der Waals surface area contributed by atoms with Gasteiger partial charge in [-0.25, -0.2) is 4.68 Å². The Balaban J connectivity index is 1.86. The highest BCUT2D eigenvalue weighted by Gasteiger charge is 2.18. The van der Waals surface area contributed by atoms with Crippen LogP contribution in [0.4, 0.5) is 0 Å². The molecule has 134 valence electrons. The molecule has 0 saturated heterocycles. The molecule has 0 unspecified atom stereocenters. The molecule has 0 aliphatic heterocycles. The highest BCUT2D eigenvalue weighted by atomic mass is 35.5. The Morgan fingerprint density at radius 3 is 2.73 bits per heavy atom. The van der Waals surface area contributed by atoms with Gasteiger partial charge in [-0.15, -0.1) is 0 Å². The van der Waals surface area contributed by atoms with Gasteiger partial charge in [-0.1, -0.05) is 42.6 Å². The van der Waals surface area contributed by atoms with Crippen molar-refractivity contribution in [3.63, 3.8) is 0 Å². The summed E-state index contributed by atoms with van der Waals surface area (Å²) in [5.74, 6) is -0.163. The van der Waals surface area contributed by atoms with Crippen molar-refractivity contribution in [2.24, 2.45) is 0 Å². The fraction of sp³-hybridized carbons (Fsp3) is 0.211. The molecule has 0 aliphatic carbocycles. The van der Waals surface area contributed by atoms with Gasteiger partial charge in [0.2, 0.25) is 0 Å². The lowest BCUT2D eigenvalue weighted by atomic mass is 10.1. The van der Waals surface area contributed by atoms with Crippen molar-refractivity contribution in [1.29, 1.82) is 0 Å². The number of carbonyl (C=O) groups is 1. The highest BCUT2D eigenvalue weighted by Crippen LogP contribution is 2.26. The second-order valence-corrected chi connectivity index (χ2v) is 6.62. The lowest BCUT2D eigenvalue weighted by Crippen LogP contribution is -2.24. The third kappa shape index (κ3) is 4.06. The van der Waals surface area contributed by atoms with Gasteiger partial charge < -0.3 is 5.32 Å². The zero-order valence-corrected chi connectivity index (χ0v) is 15.8. The summed E-state index contributed by atoms with van der Waals surface area (Å²) in [5, 5.41) is 8.24. The standard InChI is InChI=1S/C19H18Cl2N4O/c1-2-4-18-15(19(26)23-11-13-5-3-8-22-10-13)12-24-25(18)14-6-7-16(20)17(21)9-14/h3,5-10,12H,2,4,11H2,1H3,(H,23,26). The van der Waals surface area contributed by atoms with Crippen LogP contribution >= 0.6 is 23.2 Å². The van der Waals surface area contributed by atoms with Gasteiger partial charge in [0.1, 0.15) is 0 Å². The Kier molecular flexibility index (Phi) is 5.91. The van der Waals surface area contributed by atoms with E-state index in [1.165, 1.54) is 0 Å². The normalized spacial score (nSPS) is 10.7. The first-order valence-corrected chi connectivity index (χ1v) is 9.05. The minimum atomic E-state index is -0.163. The fourth-order valence-electron chi connectivity index (χ4n) is 2.66. The molecule has 26 heavy (non-hydrogen) atoms. The van der Waals surface area contributed by atoms with Crippen LogP contribution in [0, 0.1) is 0 Å². The first kappa shape index (κ1) is 18.4. The summed E-state index contributed by atoms with van der Waals surface area (Å²) in [5.41, 5.74) is 3.11. The van der Waals surface area contributed by atoms with Gasteiger partial charge in [0.05, 0.1) is 33.2 Å². The van der Waals surface area contributed by atoms with Gasteiger partial charge in [0, 0.05) is 18.9 Å². The average Bonchev–Trinajstić information content (AvgIpc) is 3.07. The van der Waals surface area contributed by atoms with Crippen LogP contribution in [0.3, 0.4) is 0 Å². The second-order valence-electron chi connectivity index (χ2n) is 5.81. The predicted molar refractivity (Wildman–Crippen MR) is 103 cm³/mol. The SMILES string of the molecule is CCCc1c(C(=O)NCc2cccnc2)cnn1-c1ccc(Cl)c(Cl)c1. The monoisotopic (exact) mass is 388 g/mol. The van der Waals surface area contributed by atoms with Crippen molar-refractivity contribution >= 4 is 29.1 Å². The molecular formula is C19H18Cl2N4O. The van der Waals surface area contributed by atoms with E-state index in [-0.39, 0.29) is 5.91 Å². The van der Waals surface area contributed by atoms with E-state index < -0.39 is 0 Å².